The number of nitrogens with two attached hydrogens (primary N) is 1. The highest BCUT2D eigenvalue weighted by Crippen LogP contribution is 2.40. The van der Waals surface area contributed by atoms with E-state index in [4.69, 9.17) is 10.5 Å². The Kier molecular flexibility index (Phi) is 5.13. The zero-order valence-corrected chi connectivity index (χ0v) is 16.1. The van der Waals surface area contributed by atoms with Crippen molar-refractivity contribution in [2.24, 2.45) is 5.73 Å². The van der Waals surface area contributed by atoms with Gasteiger partial charge in [0, 0.05) is 42.8 Å². The molecule has 2 aromatic rings. The molecule has 0 aromatic heterocycles. The third-order valence-corrected chi connectivity index (χ3v) is 5.83. The van der Waals surface area contributed by atoms with Gasteiger partial charge in [-0.05, 0) is 37.1 Å². The van der Waals surface area contributed by atoms with Gasteiger partial charge >= 0.3 is 6.09 Å². The van der Waals surface area contributed by atoms with E-state index in [0.717, 1.165) is 36.5 Å². The van der Waals surface area contributed by atoms with Crippen LogP contribution in [0.4, 0.5) is 10.5 Å². The summed E-state index contributed by atoms with van der Waals surface area (Å²) in [6.07, 6.45) is -0.128. The number of anilines is 1. The van der Waals surface area contributed by atoms with E-state index in [1.165, 1.54) is 10.5 Å². The number of fused-ring (bicyclic) bond motifs is 1. The van der Waals surface area contributed by atoms with Crippen LogP contribution in [0.5, 0.6) is 5.75 Å². The van der Waals surface area contributed by atoms with Gasteiger partial charge in [0.25, 0.3) is 0 Å². The van der Waals surface area contributed by atoms with Gasteiger partial charge < -0.3 is 25.4 Å². The molecule has 2 aliphatic heterocycles. The number of hydrogen-bond acceptors (Lipinski definition) is 4. The van der Waals surface area contributed by atoms with Gasteiger partial charge in [0.2, 0.25) is 0 Å². The summed E-state index contributed by atoms with van der Waals surface area (Å²) in [5.41, 5.74) is 9.35. The molecule has 0 spiro atoms. The summed E-state index contributed by atoms with van der Waals surface area (Å²) in [6, 6.07) is 16.5. The van der Waals surface area contributed by atoms with Crippen molar-refractivity contribution in [1.82, 2.24) is 4.90 Å². The van der Waals surface area contributed by atoms with Crippen LogP contribution >= 0.6 is 0 Å². The molecule has 6 heteroatoms. The first-order valence-corrected chi connectivity index (χ1v) is 9.87. The second kappa shape index (κ2) is 7.72. The van der Waals surface area contributed by atoms with Crippen molar-refractivity contribution < 1.29 is 14.6 Å². The maximum Gasteiger partial charge on any atom is 0.407 e. The number of amides is 1. The van der Waals surface area contributed by atoms with Gasteiger partial charge in [0.05, 0.1) is 6.04 Å². The third-order valence-electron chi connectivity index (χ3n) is 5.83. The second-order valence-electron chi connectivity index (χ2n) is 7.63. The first-order valence-electron chi connectivity index (χ1n) is 9.87. The van der Waals surface area contributed by atoms with Gasteiger partial charge in [-0.2, -0.15) is 0 Å². The smallest absolute Gasteiger partial charge is 0.407 e. The summed E-state index contributed by atoms with van der Waals surface area (Å²) in [7, 11) is 0. The topological polar surface area (TPSA) is 79.0 Å². The highest BCUT2D eigenvalue weighted by atomic mass is 16.5. The lowest BCUT2D eigenvalue weighted by Crippen LogP contribution is -2.56. The Bertz CT molecular complexity index is 836. The maximum atomic E-state index is 11.9. The lowest BCUT2D eigenvalue weighted by atomic mass is 9.83. The van der Waals surface area contributed by atoms with Crippen molar-refractivity contribution in [1.29, 1.82) is 0 Å². The minimum atomic E-state index is -0.900. The van der Waals surface area contributed by atoms with Crippen LogP contribution in [-0.2, 0) is 6.42 Å². The molecule has 1 fully saturated rings. The molecule has 4 rings (SSSR count). The zero-order valence-electron chi connectivity index (χ0n) is 16.1. The van der Waals surface area contributed by atoms with E-state index >= 15 is 0 Å². The number of carboxylic acid groups (broad SMARTS) is 1. The van der Waals surface area contributed by atoms with Crippen molar-refractivity contribution in [3.8, 4) is 5.75 Å². The minimum absolute atomic E-state index is 0.0390. The molecule has 148 valence electrons. The molecule has 0 unspecified atom stereocenters. The summed E-state index contributed by atoms with van der Waals surface area (Å²) in [5.74, 6) is 0.893. The molecule has 3 N–H and O–H groups in total. The fourth-order valence-corrected chi connectivity index (χ4v) is 4.31. The van der Waals surface area contributed by atoms with Gasteiger partial charge in [-0.15, -0.1) is 0 Å². The monoisotopic (exact) mass is 381 g/mol. The molecule has 0 saturated carbocycles. The van der Waals surface area contributed by atoms with Crippen LogP contribution in [0.1, 0.15) is 24.0 Å². The third kappa shape index (κ3) is 3.52. The van der Waals surface area contributed by atoms with Crippen LogP contribution in [0.3, 0.4) is 0 Å². The van der Waals surface area contributed by atoms with Gasteiger partial charge in [-0.3, -0.25) is 0 Å². The SMILES string of the molecule is CCN(C(=O)O)[C@@H]1COc2ccc(N3CC(N)C3)cc2[C@@H]1Cc1ccccc1. The Morgan fingerprint density at radius 2 is 2.00 bits per heavy atom. The van der Waals surface area contributed by atoms with E-state index in [-0.39, 0.29) is 18.0 Å². The van der Waals surface area contributed by atoms with E-state index in [1.54, 1.807) is 0 Å². The summed E-state index contributed by atoms with van der Waals surface area (Å²) in [5, 5.41) is 9.72. The Morgan fingerprint density at radius 1 is 1.25 bits per heavy atom. The van der Waals surface area contributed by atoms with Crippen LogP contribution in [0.15, 0.2) is 48.5 Å². The maximum absolute atomic E-state index is 11.9. The molecule has 2 aliphatic rings. The molecule has 28 heavy (non-hydrogen) atoms. The number of likely N-dealkylation sites (N-methyl/N-ethyl adjacent to an activating group) is 1. The number of benzene rings is 2. The predicted molar refractivity (Wildman–Crippen MR) is 109 cm³/mol. The van der Waals surface area contributed by atoms with Crippen LogP contribution in [0.25, 0.3) is 0 Å². The van der Waals surface area contributed by atoms with E-state index in [0.29, 0.717) is 13.2 Å². The molecule has 6 nitrogen and oxygen atoms in total. The Morgan fingerprint density at radius 3 is 2.64 bits per heavy atom. The largest absolute Gasteiger partial charge is 0.491 e. The van der Waals surface area contributed by atoms with Crippen molar-refractivity contribution in [3.05, 3.63) is 59.7 Å². The van der Waals surface area contributed by atoms with Crippen molar-refractivity contribution in [2.45, 2.75) is 31.3 Å². The summed E-state index contributed by atoms with van der Waals surface area (Å²) in [4.78, 5) is 15.6. The summed E-state index contributed by atoms with van der Waals surface area (Å²) >= 11 is 0. The highest BCUT2D eigenvalue weighted by Gasteiger charge is 2.37. The number of ether oxygens (including phenoxy) is 1. The first kappa shape index (κ1) is 18.6. The average molecular weight is 381 g/mol. The van der Waals surface area contributed by atoms with Crippen LogP contribution in [0.2, 0.25) is 0 Å². The molecular formula is C22H27N3O3. The molecule has 1 amide bonds. The number of carbonyl (C=O) groups is 1. The van der Waals surface area contributed by atoms with Crippen molar-refractivity contribution in [2.75, 3.05) is 31.1 Å². The fraction of sp³-hybridized carbons (Fsp3) is 0.409. The van der Waals surface area contributed by atoms with Gasteiger partial charge in [0.1, 0.15) is 12.4 Å². The number of hydrogen-bond donors (Lipinski definition) is 2. The zero-order chi connectivity index (χ0) is 19.7. The van der Waals surface area contributed by atoms with E-state index < -0.39 is 6.09 Å². The van der Waals surface area contributed by atoms with E-state index in [2.05, 4.69) is 29.2 Å². The van der Waals surface area contributed by atoms with Crippen LogP contribution in [0, 0.1) is 0 Å². The number of rotatable bonds is 5. The second-order valence-corrected chi connectivity index (χ2v) is 7.63. The predicted octanol–water partition coefficient (Wildman–Crippen LogP) is 2.92. The quantitative estimate of drug-likeness (QED) is 0.833. The summed E-state index contributed by atoms with van der Waals surface area (Å²) < 4.78 is 6.00. The highest BCUT2D eigenvalue weighted by molar-refractivity contribution is 5.66. The number of nitrogens with zero attached hydrogens (tertiary/aromatic N) is 2. The van der Waals surface area contributed by atoms with E-state index in [1.807, 2.05) is 31.2 Å². The molecule has 0 radical (unpaired) electrons. The Labute approximate surface area is 165 Å². The minimum Gasteiger partial charge on any atom is -0.491 e. The van der Waals surface area contributed by atoms with E-state index in [9.17, 15) is 9.90 Å². The summed E-state index contributed by atoms with van der Waals surface area (Å²) in [6.45, 7) is 4.38. The lowest BCUT2D eigenvalue weighted by molar-refractivity contribution is 0.0850. The Balaban J connectivity index is 1.71. The Hall–Kier alpha value is -2.73. The first-order chi connectivity index (χ1) is 13.6. The van der Waals surface area contributed by atoms with Gasteiger partial charge in [0.15, 0.2) is 0 Å². The molecule has 0 bridgehead atoms. The van der Waals surface area contributed by atoms with Crippen LogP contribution < -0.4 is 15.4 Å². The molecule has 2 atom stereocenters. The lowest BCUT2D eigenvalue weighted by Gasteiger charge is -2.42. The molecule has 2 heterocycles. The normalized spacial score (nSPS) is 21.4. The molecule has 0 aliphatic carbocycles. The van der Waals surface area contributed by atoms with Crippen molar-refractivity contribution in [3.63, 3.8) is 0 Å². The molecule has 2 aromatic carbocycles. The average Bonchev–Trinajstić information content (AvgIpc) is 2.68. The van der Waals surface area contributed by atoms with Crippen LogP contribution in [-0.4, -0.2) is 54.4 Å². The fourth-order valence-electron chi connectivity index (χ4n) is 4.31. The molecule has 1 saturated heterocycles. The standard InChI is InChI=1S/C22H27N3O3/c1-2-25(22(26)27)20-14-28-21-9-8-17(24-12-16(23)13-24)11-19(21)18(20)10-15-6-4-3-5-7-15/h3-9,11,16,18,20H,2,10,12-14,23H2,1H3,(H,26,27)/t18-,20+/m0/s1. The van der Waals surface area contributed by atoms with Crippen molar-refractivity contribution >= 4 is 11.8 Å². The molecular weight excluding hydrogens is 354 g/mol. The van der Waals surface area contributed by atoms with Gasteiger partial charge in [-0.1, -0.05) is 30.3 Å². The van der Waals surface area contributed by atoms with Gasteiger partial charge in [-0.25, -0.2) is 4.79 Å².